The number of halogens is 3. The van der Waals surface area contributed by atoms with Crippen molar-refractivity contribution in [3.8, 4) is 5.95 Å². The predicted molar refractivity (Wildman–Crippen MR) is 136 cm³/mol. The Morgan fingerprint density at radius 3 is 2.31 bits per heavy atom. The minimum atomic E-state index is -0.545. The van der Waals surface area contributed by atoms with Crippen LogP contribution in [0.1, 0.15) is 17.7 Å². The highest BCUT2D eigenvalue weighted by molar-refractivity contribution is 5.85. The zero-order valence-corrected chi connectivity index (χ0v) is 20.4. The number of piperazine rings is 1. The van der Waals surface area contributed by atoms with E-state index in [9.17, 15) is 8.78 Å². The van der Waals surface area contributed by atoms with Gasteiger partial charge in [0.15, 0.2) is 0 Å². The Balaban J connectivity index is 0.00000289. The van der Waals surface area contributed by atoms with Crippen LogP contribution in [0.2, 0.25) is 0 Å². The topological polar surface area (TPSA) is 79.3 Å². The highest BCUT2D eigenvalue weighted by atomic mass is 35.5. The van der Waals surface area contributed by atoms with Crippen molar-refractivity contribution in [1.82, 2.24) is 24.6 Å². The molecule has 2 aliphatic heterocycles. The Morgan fingerprint density at radius 1 is 0.943 bits per heavy atom. The molecule has 2 N–H and O–H groups in total. The number of hydrogen-bond donors (Lipinski definition) is 1. The first-order chi connectivity index (χ1) is 16.5. The molecule has 2 saturated heterocycles. The molecule has 0 amide bonds. The molecule has 0 aliphatic carbocycles. The summed E-state index contributed by atoms with van der Waals surface area (Å²) in [6.07, 6.45) is 7.12. The number of anilines is 3. The highest BCUT2D eigenvalue weighted by Crippen LogP contribution is 2.22. The molecule has 0 bridgehead atoms. The van der Waals surface area contributed by atoms with E-state index in [-0.39, 0.29) is 12.4 Å². The molecule has 2 aliphatic rings. The molecule has 5 rings (SSSR count). The van der Waals surface area contributed by atoms with Gasteiger partial charge < -0.3 is 15.5 Å². The van der Waals surface area contributed by atoms with Crippen LogP contribution in [0.4, 0.5) is 26.1 Å². The standard InChI is InChI=1S/C24H28F2N8.ClH/c1-17-18(16-28-34(17)24-29-22(27)15-23(30-24)33-6-3-7-33)4-2-5-31-8-10-32(11-9-31)21-13-19(25)12-20(26)14-21;/h2,4,12-16H,3,5-11H2,1H3,(H2,27,29,30);1H/b4-2+;. The Hall–Kier alpha value is -3.24. The first-order valence-electron chi connectivity index (χ1n) is 11.5. The van der Waals surface area contributed by atoms with Crippen LogP contribution >= 0.6 is 12.4 Å². The summed E-state index contributed by atoms with van der Waals surface area (Å²) in [5.41, 5.74) is 8.54. The van der Waals surface area contributed by atoms with Gasteiger partial charge in [0.05, 0.1) is 11.9 Å². The van der Waals surface area contributed by atoms with Gasteiger partial charge in [-0.1, -0.05) is 12.2 Å². The van der Waals surface area contributed by atoms with E-state index >= 15 is 0 Å². The first kappa shape index (κ1) is 24.9. The normalized spacial score (nSPS) is 16.4. The van der Waals surface area contributed by atoms with Crippen molar-refractivity contribution in [2.75, 3.05) is 61.3 Å². The average molecular weight is 503 g/mol. The highest BCUT2D eigenvalue weighted by Gasteiger charge is 2.19. The molecule has 8 nitrogen and oxygen atoms in total. The van der Waals surface area contributed by atoms with Gasteiger partial charge in [0, 0.05) is 69.2 Å². The van der Waals surface area contributed by atoms with E-state index in [0.29, 0.717) is 17.5 Å². The van der Waals surface area contributed by atoms with Gasteiger partial charge >= 0.3 is 0 Å². The molecular weight excluding hydrogens is 474 g/mol. The van der Waals surface area contributed by atoms with E-state index in [1.165, 1.54) is 12.1 Å². The zero-order chi connectivity index (χ0) is 23.7. The van der Waals surface area contributed by atoms with Crippen LogP contribution in [0.25, 0.3) is 12.0 Å². The maximum absolute atomic E-state index is 13.5. The molecule has 1 aromatic carbocycles. The first-order valence-corrected chi connectivity index (χ1v) is 11.5. The van der Waals surface area contributed by atoms with Crippen LogP contribution in [0.5, 0.6) is 0 Å². The van der Waals surface area contributed by atoms with Crippen LogP contribution in [0.3, 0.4) is 0 Å². The Labute approximate surface area is 209 Å². The molecule has 0 unspecified atom stereocenters. The van der Waals surface area contributed by atoms with Crippen molar-refractivity contribution in [3.63, 3.8) is 0 Å². The summed E-state index contributed by atoms with van der Waals surface area (Å²) in [4.78, 5) is 15.5. The van der Waals surface area contributed by atoms with Gasteiger partial charge in [-0.3, -0.25) is 4.90 Å². The molecular formula is C24H29ClF2N8. The summed E-state index contributed by atoms with van der Waals surface area (Å²) >= 11 is 0. The number of nitrogens with two attached hydrogens (primary N) is 1. The number of rotatable bonds is 6. The molecule has 0 spiro atoms. The molecule has 35 heavy (non-hydrogen) atoms. The van der Waals surface area contributed by atoms with E-state index in [0.717, 1.165) is 75.4 Å². The van der Waals surface area contributed by atoms with Crippen LogP contribution in [-0.2, 0) is 0 Å². The number of nitrogen functional groups attached to an aromatic ring is 1. The van der Waals surface area contributed by atoms with Crippen LogP contribution in [0.15, 0.2) is 36.5 Å². The van der Waals surface area contributed by atoms with Crippen molar-refractivity contribution in [3.05, 3.63) is 59.4 Å². The molecule has 3 aromatic rings. The quantitative estimate of drug-likeness (QED) is 0.554. The number of benzene rings is 1. The van der Waals surface area contributed by atoms with Crippen molar-refractivity contribution < 1.29 is 8.78 Å². The van der Waals surface area contributed by atoms with Gasteiger partial charge in [-0.05, 0) is 25.5 Å². The minimum absolute atomic E-state index is 0. The molecule has 2 fully saturated rings. The lowest BCUT2D eigenvalue weighted by Gasteiger charge is -2.35. The maximum atomic E-state index is 13.5. The molecule has 2 aromatic heterocycles. The van der Waals surface area contributed by atoms with Gasteiger partial charge in [-0.2, -0.15) is 15.1 Å². The summed E-state index contributed by atoms with van der Waals surface area (Å²) in [6, 6.07) is 5.47. The van der Waals surface area contributed by atoms with E-state index in [4.69, 9.17) is 5.73 Å². The average Bonchev–Trinajstić information content (AvgIpc) is 3.12. The summed E-state index contributed by atoms with van der Waals surface area (Å²) in [7, 11) is 0. The molecule has 0 radical (unpaired) electrons. The van der Waals surface area contributed by atoms with E-state index in [1.54, 1.807) is 16.9 Å². The lowest BCUT2D eigenvalue weighted by molar-refractivity contribution is 0.284. The second-order valence-corrected chi connectivity index (χ2v) is 8.71. The SMILES string of the molecule is Cc1c(/C=C/CN2CCN(c3cc(F)cc(F)c3)CC2)cnn1-c1nc(N)cc(N2CCC2)n1.Cl. The van der Waals surface area contributed by atoms with Gasteiger partial charge in [0.1, 0.15) is 23.3 Å². The van der Waals surface area contributed by atoms with E-state index in [2.05, 4.69) is 37.0 Å². The number of nitrogens with zero attached hydrogens (tertiary/aromatic N) is 7. The molecule has 0 atom stereocenters. The Kier molecular flexibility index (Phi) is 7.51. The summed E-state index contributed by atoms with van der Waals surface area (Å²) in [5.74, 6) is 0.650. The third-order valence-corrected chi connectivity index (χ3v) is 6.38. The van der Waals surface area contributed by atoms with Crippen molar-refractivity contribution in [1.29, 1.82) is 0 Å². The second kappa shape index (κ2) is 10.6. The van der Waals surface area contributed by atoms with Crippen molar-refractivity contribution in [2.45, 2.75) is 13.3 Å². The van der Waals surface area contributed by atoms with Gasteiger partial charge in [-0.25, -0.2) is 13.5 Å². The smallest absolute Gasteiger partial charge is 0.254 e. The summed E-state index contributed by atoms with van der Waals surface area (Å²) in [6.45, 7) is 7.81. The molecule has 186 valence electrons. The lowest BCUT2D eigenvalue weighted by atomic mass is 10.2. The van der Waals surface area contributed by atoms with Crippen molar-refractivity contribution in [2.24, 2.45) is 0 Å². The second-order valence-electron chi connectivity index (χ2n) is 8.71. The Morgan fingerprint density at radius 2 is 1.66 bits per heavy atom. The maximum Gasteiger partial charge on any atom is 0.254 e. The number of hydrogen-bond acceptors (Lipinski definition) is 7. The van der Waals surface area contributed by atoms with Gasteiger partial charge in [0.25, 0.3) is 5.95 Å². The molecule has 4 heterocycles. The summed E-state index contributed by atoms with van der Waals surface area (Å²) < 4.78 is 28.7. The zero-order valence-electron chi connectivity index (χ0n) is 19.6. The third-order valence-electron chi connectivity index (χ3n) is 6.38. The van der Waals surface area contributed by atoms with Crippen molar-refractivity contribution >= 4 is 35.8 Å². The van der Waals surface area contributed by atoms with E-state index < -0.39 is 11.6 Å². The molecule has 0 saturated carbocycles. The fraction of sp³-hybridized carbons (Fsp3) is 0.375. The summed E-state index contributed by atoms with van der Waals surface area (Å²) in [5, 5.41) is 4.48. The van der Waals surface area contributed by atoms with E-state index in [1.807, 2.05) is 11.8 Å². The fourth-order valence-corrected chi connectivity index (χ4v) is 4.27. The van der Waals surface area contributed by atoms with Gasteiger partial charge in [0.2, 0.25) is 0 Å². The monoisotopic (exact) mass is 502 g/mol. The fourth-order valence-electron chi connectivity index (χ4n) is 4.27. The van der Waals surface area contributed by atoms with Crippen LogP contribution in [-0.4, -0.2) is 70.5 Å². The Bertz CT molecular complexity index is 1180. The van der Waals surface area contributed by atoms with Crippen LogP contribution < -0.4 is 15.5 Å². The lowest BCUT2D eigenvalue weighted by Crippen LogP contribution is -2.46. The van der Waals surface area contributed by atoms with Gasteiger partial charge in [-0.15, -0.1) is 12.4 Å². The largest absolute Gasteiger partial charge is 0.383 e. The molecule has 11 heteroatoms. The predicted octanol–water partition coefficient (Wildman–Crippen LogP) is 3.30. The third kappa shape index (κ3) is 5.54. The minimum Gasteiger partial charge on any atom is -0.383 e. The van der Waals surface area contributed by atoms with Crippen LogP contribution in [0, 0.1) is 18.6 Å². The number of aromatic nitrogens is 4.